The van der Waals surface area contributed by atoms with Crippen molar-refractivity contribution in [3.05, 3.63) is 0 Å². The molecule has 0 aliphatic rings. The van der Waals surface area contributed by atoms with Crippen molar-refractivity contribution in [1.29, 1.82) is 0 Å². The normalized spacial score (nSPS) is 14.7. The summed E-state index contributed by atoms with van der Waals surface area (Å²) in [5.74, 6) is -0.140. The van der Waals surface area contributed by atoms with Gasteiger partial charge in [0.05, 0.1) is 0 Å². The molecule has 0 aliphatic carbocycles. The minimum Gasteiger partial charge on any atom is -0.370 e. The summed E-state index contributed by atoms with van der Waals surface area (Å²) in [5.41, 5.74) is 5.36. The first-order valence-corrected chi connectivity index (χ1v) is 5.66. The van der Waals surface area contributed by atoms with E-state index in [1.165, 1.54) is 7.11 Å². The number of nitrogens with two attached hydrogens (primary N) is 1. The fourth-order valence-electron chi connectivity index (χ4n) is 2.09. The molecule has 0 aromatic rings. The SMILES string of the molecule is COC(CN)C(=O)NC(C)(C)CC(C)(C)C. The molecule has 4 heteroatoms. The molecular weight excluding hydrogens is 204 g/mol. The third-order valence-electron chi connectivity index (χ3n) is 2.22. The highest BCUT2D eigenvalue weighted by atomic mass is 16.5. The molecule has 4 nitrogen and oxygen atoms in total. The summed E-state index contributed by atoms with van der Waals surface area (Å²) in [6.07, 6.45) is 0.339. The lowest BCUT2D eigenvalue weighted by Gasteiger charge is -2.34. The van der Waals surface area contributed by atoms with E-state index in [2.05, 4.69) is 26.1 Å². The predicted molar refractivity (Wildman–Crippen MR) is 66.1 cm³/mol. The van der Waals surface area contributed by atoms with Crippen molar-refractivity contribution in [1.82, 2.24) is 5.32 Å². The number of carbonyl (C=O) groups is 1. The van der Waals surface area contributed by atoms with Crippen LogP contribution in [0.1, 0.15) is 41.0 Å². The smallest absolute Gasteiger partial charge is 0.250 e. The van der Waals surface area contributed by atoms with E-state index >= 15 is 0 Å². The van der Waals surface area contributed by atoms with Gasteiger partial charge in [0.2, 0.25) is 0 Å². The van der Waals surface area contributed by atoms with Gasteiger partial charge in [-0.15, -0.1) is 0 Å². The zero-order valence-electron chi connectivity index (χ0n) is 11.4. The summed E-state index contributed by atoms with van der Waals surface area (Å²) < 4.78 is 5.00. The summed E-state index contributed by atoms with van der Waals surface area (Å²) in [4.78, 5) is 11.8. The zero-order valence-corrected chi connectivity index (χ0v) is 11.4. The van der Waals surface area contributed by atoms with Crippen molar-refractivity contribution in [3.63, 3.8) is 0 Å². The van der Waals surface area contributed by atoms with Gasteiger partial charge in [-0.2, -0.15) is 0 Å². The second-order valence-electron chi connectivity index (χ2n) is 6.07. The van der Waals surface area contributed by atoms with Gasteiger partial charge in [-0.25, -0.2) is 0 Å². The first kappa shape index (κ1) is 15.4. The van der Waals surface area contributed by atoms with Crippen molar-refractivity contribution in [2.24, 2.45) is 11.1 Å². The number of ether oxygens (including phenoxy) is 1. The Morgan fingerprint density at radius 2 is 1.81 bits per heavy atom. The largest absolute Gasteiger partial charge is 0.370 e. The average Bonchev–Trinajstić information content (AvgIpc) is 1.99. The lowest BCUT2D eigenvalue weighted by molar-refractivity contribution is -0.132. The fraction of sp³-hybridized carbons (Fsp3) is 0.917. The lowest BCUT2D eigenvalue weighted by Crippen LogP contribution is -2.51. The van der Waals surface area contributed by atoms with Gasteiger partial charge in [0.25, 0.3) is 5.91 Å². The molecule has 0 bridgehead atoms. The van der Waals surface area contributed by atoms with E-state index in [1.807, 2.05) is 13.8 Å². The van der Waals surface area contributed by atoms with E-state index in [1.54, 1.807) is 0 Å². The highest BCUT2D eigenvalue weighted by molar-refractivity contribution is 5.81. The Labute approximate surface area is 98.9 Å². The van der Waals surface area contributed by atoms with E-state index in [9.17, 15) is 4.79 Å². The van der Waals surface area contributed by atoms with Gasteiger partial charge in [0.1, 0.15) is 6.10 Å². The molecule has 96 valence electrons. The van der Waals surface area contributed by atoms with Crippen LogP contribution in [0.5, 0.6) is 0 Å². The Bertz CT molecular complexity index is 228. The molecule has 0 fully saturated rings. The van der Waals surface area contributed by atoms with Gasteiger partial charge in [0.15, 0.2) is 0 Å². The molecule has 0 saturated carbocycles. The van der Waals surface area contributed by atoms with Crippen molar-refractivity contribution in [3.8, 4) is 0 Å². The molecule has 0 aliphatic heterocycles. The van der Waals surface area contributed by atoms with Crippen LogP contribution in [0.3, 0.4) is 0 Å². The van der Waals surface area contributed by atoms with E-state index in [4.69, 9.17) is 10.5 Å². The molecule has 1 amide bonds. The van der Waals surface area contributed by atoms with Crippen LogP contribution in [0.4, 0.5) is 0 Å². The molecule has 1 atom stereocenters. The summed E-state index contributed by atoms with van der Waals surface area (Å²) in [7, 11) is 1.49. The maximum absolute atomic E-state index is 11.8. The first-order chi connectivity index (χ1) is 7.11. The minimum atomic E-state index is -0.556. The summed E-state index contributed by atoms with van der Waals surface area (Å²) in [6.45, 7) is 10.7. The zero-order chi connectivity index (χ0) is 13.0. The number of rotatable bonds is 5. The predicted octanol–water partition coefficient (Wildman–Crippen LogP) is 1.29. The molecule has 0 saturated heterocycles. The quantitative estimate of drug-likeness (QED) is 0.748. The van der Waals surface area contributed by atoms with Crippen LogP contribution >= 0.6 is 0 Å². The van der Waals surface area contributed by atoms with Gasteiger partial charge in [-0.1, -0.05) is 20.8 Å². The molecule has 0 heterocycles. The summed E-state index contributed by atoms with van der Waals surface area (Å²) >= 11 is 0. The van der Waals surface area contributed by atoms with Gasteiger partial charge in [-0.3, -0.25) is 4.79 Å². The topological polar surface area (TPSA) is 64.3 Å². The molecule has 0 rings (SSSR count). The summed E-state index contributed by atoms with van der Waals surface area (Å²) in [5, 5.41) is 2.97. The molecule has 0 radical (unpaired) electrons. The summed E-state index contributed by atoms with van der Waals surface area (Å²) in [6, 6.07) is 0. The van der Waals surface area contributed by atoms with Gasteiger partial charge in [-0.05, 0) is 25.7 Å². The first-order valence-electron chi connectivity index (χ1n) is 5.66. The second-order valence-corrected chi connectivity index (χ2v) is 6.07. The van der Waals surface area contributed by atoms with Crippen LogP contribution < -0.4 is 11.1 Å². The monoisotopic (exact) mass is 230 g/mol. The van der Waals surface area contributed by atoms with Crippen LogP contribution in [-0.4, -0.2) is 31.2 Å². The van der Waals surface area contributed by atoms with E-state index in [-0.39, 0.29) is 23.4 Å². The second kappa shape index (κ2) is 5.64. The van der Waals surface area contributed by atoms with Crippen molar-refractivity contribution in [2.75, 3.05) is 13.7 Å². The van der Waals surface area contributed by atoms with E-state index in [0.29, 0.717) is 0 Å². The van der Waals surface area contributed by atoms with Crippen LogP contribution in [0.25, 0.3) is 0 Å². The molecule has 0 aromatic carbocycles. The minimum absolute atomic E-state index is 0.140. The number of hydrogen-bond acceptors (Lipinski definition) is 3. The Kier molecular flexibility index (Phi) is 5.42. The van der Waals surface area contributed by atoms with Crippen molar-refractivity contribution < 1.29 is 9.53 Å². The van der Waals surface area contributed by atoms with Gasteiger partial charge < -0.3 is 15.8 Å². The lowest BCUT2D eigenvalue weighted by atomic mass is 9.81. The molecule has 3 N–H and O–H groups in total. The average molecular weight is 230 g/mol. The van der Waals surface area contributed by atoms with Gasteiger partial charge >= 0.3 is 0 Å². The Morgan fingerprint density at radius 3 is 2.12 bits per heavy atom. The maximum Gasteiger partial charge on any atom is 0.250 e. The molecular formula is C12H26N2O2. The molecule has 0 spiro atoms. The number of carbonyl (C=O) groups excluding carboxylic acids is 1. The molecule has 16 heavy (non-hydrogen) atoms. The molecule has 0 aromatic heterocycles. The number of amides is 1. The number of methoxy groups -OCH3 is 1. The van der Waals surface area contributed by atoms with Crippen LogP contribution in [0.2, 0.25) is 0 Å². The highest BCUT2D eigenvalue weighted by Gasteiger charge is 2.29. The van der Waals surface area contributed by atoms with Gasteiger partial charge in [0, 0.05) is 19.2 Å². The third kappa shape index (κ3) is 6.08. The van der Waals surface area contributed by atoms with Crippen LogP contribution in [-0.2, 0) is 9.53 Å². The van der Waals surface area contributed by atoms with Crippen molar-refractivity contribution in [2.45, 2.75) is 52.7 Å². The standard InChI is InChI=1S/C12H26N2O2/c1-11(2,3)8-12(4,5)14-10(15)9(7-13)16-6/h9H,7-8,13H2,1-6H3,(H,14,15). The maximum atomic E-state index is 11.8. The van der Waals surface area contributed by atoms with E-state index in [0.717, 1.165) is 6.42 Å². The number of nitrogens with one attached hydrogen (secondary N) is 1. The van der Waals surface area contributed by atoms with Crippen LogP contribution in [0, 0.1) is 5.41 Å². The third-order valence-corrected chi connectivity index (χ3v) is 2.22. The Morgan fingerprint density at radius 1 is 1.31 bits per heavy atom. The Hall–Kier alpha value is -0.610. The van der Waals surface area contributed by atoms with Crippen molar-refractivity contribution >= 4 is 5.91 Å². The van der Waals surface area contributed by atoms with E-state index < -0.39 is 6.10 Å². The van der Waals surface area contributed by atoms with Crippen LogP contribution in [0.15, 0.2) is 0 Å². The highest BCUT2D eigenvalue weighted by Crippen LogP contribution is 2.26. The Balaban J connectivity index is 4.41. The molecule has 1 unspecified atom stereocenters. The fourth-order valence-corrected chi connectivity index (χ4v) is 2.09. The number of hydrogen-bond donors (Lipinski definition) is 2.